The van der Waals surface area contributed by atoms with E-state index < -0.39 is 0 Å². The Hall–Kier alpha value is -2.70. The summed E-state index contributed by atoms with van der Waals surface area (Å²) in [7, 11) is 0. The number of fused-ring (bicyclic) bond motifs is 1. The van der Waals surface area contributed by atoms with Crippen LogP contribution >= 0.6 is 0 Å². The average molecular weight is 430 g/mol. The van der Waals surface area contributed by atoms with Crippen LogP contribution < -0.4 is 5.56 Å². The van der Waals surface area contributed by atoms with Gasteiger partial charge in [-0.05, 0) is 44.7 Å². The van der Waals surface area contributed by atoms with Crippen LogP contribution in [0.25, 0.3) is 10.9 Å². The van der Waals surface area contributed by atoms with E-state index in [0.29, 0.717) is 48.8 Å². The maximum absolute atomic E-state index is 13.2. The largest absolute Gasteiger partial charge is 0.466 e. The highest BCUT2D eigenvalue weighted by molar-refractivity contribution is 5.82. The Kier molecular flexibility index (Phi) is 9.21. The van der Waals surface area contributed by atoms with Gasteiger partial charge in [0, 0.05) is 19.5 Å². The molecule has 1 aromatic heterocycles. The molecule has 0 N–H and O–H groups in total. The van der Waals surface area contributed by atoms with Crippen molar-refractivity contribution in [3.63, 3.8) is 0 Å². The predicted octanol–water partition coefficient (Wildman–Crippen LogP) is 4.09. The number of para-hydroxylation sites is 1. The summed E-state index contributed by atoms with van der Waals surface area (Å²) in [6.07, 6.45) is 1.57. The van der Waals surface area contributed by atoms with Crippen LogP contribution in [0.1, 0.15) is 72.2 Å². The van der Waals surface area contributed by atoms with E-state index in [1.165, 1.54) is 0 Å². The van der Waals surface area contributed by atoms with Crippen molar-refractivity contribution in [1.29, 1.82) is 0 Å². The number of benzene rings is 1. The van der Waals surface area contributed by atoms with Crippen molar-refractivity contribution in [2.45, 2.75) is 72.9 Å². The van der Waals surface area contributed by atoms with Gasteiger partial charge in [0.05, 0.1) is 30.0 Å². The number of esters is 1. The predicted molar refractivity (Wildman–Crippen MR) is 122 cm³/mol. The van der Waals surface area contributed by atoms with Crippen molar-refractivity contribution in [2.24, 2.45) is 5.92 Å². The smallest absolute Gasteiger partial charge is 0.306 e. The SMILES string of the molecule is CCOC(=O)CCC(=O)N(CCC(C)C)C(CC)c1nc2ccccc2c(=O)n1CC. The molecule has 1 heterocycles. The Morgan fingerprint density at radius 3 is 2.45 bits per heavy atom. The molecule has 0 aliphatic heterocycles. The van der Waals surface area contributed by atoms with Crippen molar-refractivity contribution in [3.05, 3.63) is 40.4 Å². The van der Waals surface area contributed by atoms with Gasteiger partial charge in [-0.3, -0.25) is 19.0 Å². The normalized spacial score (nSPS) is 12.2. The first-order valence-corrected chi connectivity index (χ1v) is 11.3. The zero-order valence-corrected chi connectivity index (χ0v) is 19.4. The maximum atomic E-state index is 13.2. The van der Waals surface area contributed by atoms with Crippen LogP contribution in [0.3, 0.4) is 0 Å². The highest BCUT2D eigenvalue weighted by atomic mass is 16.5. The molecule has 0 aliphatic carbocycles. The molecule has 2 aromatic rings. The van der Waals surface area contributed by atoms with Gasteiger partial charge < -0.3 is 9.64 Å². The first-order chi connectivity index (χ1) is 14.8. The van der Waals surface area contributed by atoms with Crippen molar-refractivity contribution in [3.8, 4) is 0 Å². The van der Waals surface area contributed by atoms with E-state index in [4.69, 9.17) is 9.72 Å². The van der Waals surface area contributed by atoms with E-state index in [1.54, 1.807) is 22.5 Å². The molecule has 0 saturated heterocycles. The second-order valence-corrected chi connectivity index (χ2v) is 8.04. The molecule has 170 valence electrons. The van der Waals surface area contributed by atoms with E-state index in [0.717, 1.165) is 6.42 Å². The summed E-state index contributed by atoms with van der Waals surface area (Å²) < 4.78 is 6.64. The number of rotatable bonds is 11. The Morgan fingerprint density at radius 2 is 1.84 bits per heavy atom. The van der Waals surface area contributed by atoms with Crippen LogP contribution in [-0.2, 0) is 20.9 Å². The maximum Gasteiger partial charge on any atom is 0.306 e. The molecule has 0 radical (unpaired) electrons. The molecule has 0 spiro atoms. The number of carbonyl (C=O) groups excluding carboxylic acids is 2. The monoisotopic (exact) mass is 429 g/mol. The van der Waals surface area contributed by atoms with E-state index in [9.17, 15) is 14.4 Å². The zero-order valence-electron chi connectivity index (χ0n) is 19.4. The third kappa shape index (κ3) is 6.15. The van der Waals surface area contributed by atoms with Crippen molar-refractivity contribution in [2.75, 3.05) is 13.2 Å². The highest BCUT2D eigenvalue weighted by Crippen LogP contribution is 2.26. The fourth-order valence-corrected chi connectivity index (χ4v) is 3.72. The molecular formula is C24H35N3O4. The molecule has 1 unspecified atom stereocenters. The molecule has 0 saturated carbocycles. The van der Waals surface area contributed by atoms with E-state index >= 15 is 0 Å². The lowest BCUT2D eigenvalue weighted by molar-refractivity contribution is -0.146. The lowest BCUT2D eigenvalue weighted by Gasteiger charge is -2.33. The molecule has 31 heavy (non-hydrogen) atoms. The minimum absolute atomic E-state index is 0.0486. The summed E-state index contributed by atoms with van der Waals surface area (Å²) in [5.74, 6) is 0.519. The van der Waals surface area contributed by atoms with Gasteiger partial charge in [-0.1, -0.05) is 32.9 Å². The number of nitrogens with zero attached hydrogens (tertiary/aromatic N) is 3. The standard InChI is InChI=1S/C24H35N3O4/c1-6-20(23-25-19-12-10-9-11-18(19)24(30)26(23)7-2)27(16-15-17(4)5)21(28)13-14-22(29)31-8-3/h9-12,17,20H,6-8,13-16H2,1-5H3. The van der Waals surface area contributed by atoms with Gasteiger partial charge in [-0.15, -0.1) is 0 Å². The van der Waals surface area contributed by atoms with Gasteiger partial charge in [0.25, 0.3) is 5.56 Å². The second-order valence-electron chi connectivity index (χ2n) is 8.04. The summed E-state index contributed by atoms with van der Waals surface area (Å²) in [5, 5.41) is 0.574. The van der Waals surface area contributed by atoms with Crippen LogP contribution in [0.4, 0.5) is 0 Å². The van der Waals surface area contributed by atoms with Crippen LogP contribution in [0, 0.1) is 5.92 Å². The van der Waals surface area contributed by atoms with Crippen LogP contribution in [0.2, 0.25) is 0 Å². The molecule has 1 atom stereocenters. The van der Waals surface area contributed by atoms with Gasteiger partial charge in [0.1, 0.15) is 5.82 Å². The summed E-state index contributed by atoms with van der Waals surface area (Å²) in [6, 6.07) is 6.95. The Bertz CT molecular complexity index is 951. The van der Waals surface area contributed by atoms with Gasteiger partial charge >= 0.3 is 5.97 Å². The highest BCUT2D eigenvalue weighted by Gasteiger charge is 2.28. The fourth-order valence-electron chi connectivity index (χ4n) is 3.72. The van der Waals surface area contributed by atoms with E-state index in [2.05, 4.69) is 13.8 Å². The Labute approximate surface area is 184 Å². The average Bonchev–Trinajstić information content (AvgIpc) is 2.75. The molecule has 2 rings (SSSR count). The number of carbonyl (C=O) groups is 2. The molecule has 0 bridgehead atoms. The van der Waals surface area contributed by atoms with Crippen molar-refractivity contribution in [1.82, 2.24) is 14.5 Å². The second kappa shape index (κ2) is 11.6. The van der Waals surface area contributed by atoms with Gasteiger partial charge in [-0.25, -0.2) is 4.98 Å². The molecule has 0 fully saturated rings. The van der Waals surface area contributed by atoms with E-state index in [1.807, 2.05) is 32.0 Å². The number of aromatic nitrogens is 2. The van der Waals surface area contributed by atoms with Gasteiger partial charge in [0.15, 0.2) is 0 Å². The van der Waals surface area contributed by atoms with Crippen LogP contribution in [-0.4, -0.2) is 39.5 Å². The summed E-state index contributed by atoms with van der Waals surface area (Å²) >= 11 is 0. The molecule has 1 amide bonds. The molecule has 7 nitrogen and oxygen atoms in total. The van der Waals surface area contributed by atoms with Crippen LogP contribution in [0.15, 0.2) is 29.1 Å². The van der Waals surface area contributed by atoms with Crippen molar-refractivity contribution < 1.29 is 14.3 Å². The number of hydrogen-bond acceptors (Lipinski definition) is 5. The summed E-state index contributed by atoms with van der Waals surface area (Å²) in [4.78, 5) is 44.7. The first-order valence-electron chi connectivity index (χ1n) is 11.3. The Balaban J connectivity index is 2.46. The molecule has 1 aromatic carbocycles. The van der Waals surface area contributed by atoms with Crippen molar-refractivity contribution >= 4 is 22.8 Å². The van der Waals surface area contributed by atoms with Gasteiger partial charge in [0.2, 0.25) is 5.91 Å². The summed E-state index contributed by atoms with van der Waals surface area (Å²) in [5.41, 5.74) is 0.540. The minimum Gasteiger partial charge on any atom is -0.466 e. The number of amides is 1. The topological polar surface area (TPSA) is 81.5 Å². The summed E-state index contributed by atoms with van der Waals surface area (Å²) in [6.45, 7) is 11.2. The lowest BCUT2D eigenvalue weighted by atomic mass is 10.1. The third-order valence-corrected chi connectivity index (χ3v) is 5.38. The van der Waals surface area contributed by atoms with Gasteiger partial charge in [-0.2, -0.15) is 0 Å². The number of hydrogen-bond donors (Lipinski definition) is 0. The van der Waals surface area contributed by atoms with Crippen LogP contribution in [0.5, 0.6) is 0 Å². The lowest BCUT2D eigenvalue weighted by Crippen LogP contribution is -2.39. The molecule has 0 aliphatic rings. The zero-order chi connectivity index (χ0) is 23.0. The quantitative estimate of drug-likeness (QED) is 0.503. The fraction of sp³-hybridized carbons (Fsp3) is 0.583. The minimum atomic E-state index is -0.373. The molecule has 7 heteroatoms. The van der Waals surface area contributed by atoms with E-state index in [-0.39, 0.29) is 36.3 Å². The molecular weight excluding hydrogens is 394 g/mol. The number of ether oxygens (including phenoxy) is 1. The Morgan fingerprint density at radius 1 is 1.13 bits per heavy atom. The third-order valence-electron chi connectivity index (χ3n) is 5.38. The first kappa shape index (κ1) is 24.6.